The largest absolute Gasteiger partial charge is 0.462 e. The first kappa shape index (κ1) is 68.8. The van der Waals surface area contributed by atoms with Crippen LogP contribution in [-0.4, -0.2) is 37.2 Å². The topological polar surface area (TPSA) is 78.9 Å². The van der Waals surface area contributed by atoms with Crippen LogP contribution >= 0.6 is 0 Å². The van der Waals surface area contributed by atoms with E-state index in [0.29, 0.717) is 19.3 Å². The van der Waals surface area contributed by atoms with Crippen molar-refractivity contribution in [3.05, 3.63) is 122 Å². The Balaban J connectivity index is 4.26. The van der Waals surface area contributed by atoms with Crippen molar-refractivity contribution in [3.8, 4) is 0 Å². The molecule has 0 saturated carbocycles. The lowest BCUT2D eigenvalue weighted by molar-refractivity contribution is -0.167. The highest BCUT2D eigenvalue weighted by atomic mass is 16.6. The van der Waals surface area contributed by atoms with Gasteiger partial charge in [-0.25, -0.2) is 0 Å². The molecule has 0 aliphatic carbocycles. The Kier molecular flexibility index (Phi) is 56.9. The normalized spacial score (nSPS) is 13.0. The molecule has 0 aromatic rings. The molecule has 1 atom stereocenters. The summed E-state index contributed by atoms with van der Waals surface area (Å²) >= 11 is 0. The fourth-order valence-corrected chi connectivity index (χ4v) is 7.97. The molecule has 6 heteroatoms. The number of hydrogen-bond acceptors (Lipinski definition) is 6. The zero-order valence-electron chi connectivity index (χ0n) is 47.4. The van der Waals surface area contributed by atoms with E-state index in [0.717, 1.165) is 122 Å². The molecule has 0 bridgehead atoms. The molecule has 414 valence electrons. The van der Waals surface area contributed by atoms with E-state index in [2.05, 4.69) is 142 Å². The van der Waals surface area contributed by atoms with Crippen LogP contribution in [0.15, 0.2) is 122 Å². The average Bonchev–Trinajstić information content (AvgIpc) is 3.39. The fraction of sp³-hybridized carbons (Fsp3) is 0.657. The molecule has 0 aliphatic rings. The second kappa shape index (κ2) is 60.4. The highest BCUT2D eigenvalue weighted by Crippen LogP contribution is 2.15. The van der Waals surface area contributed by atoms with Crippen LogP contribution in [0.2, 0.25) is 0 Å². The lowest BCUT2D eigenvalue weighted by Crippen LogP contribution is -2.30. The highest BCUT2D eigenvalue weighted by molar-refractivity contribution is 5.71. The van der Waals surface area contributed by atoms with Gasteiger partial charge in [0.25, 0.3) is 0 Å². The molecule has 0 N–H and O–H groups in total. The van der Waals surface area contributed by atoms with Crippen molar-refractivity contribution >= 4 is 17.9 Å². The lowest BCUT2D eigenvalue weighted by atomic mass is 10.0. The van der Waals surface area contributed by atoms with Gasteiger partial charge >= 0.3 is 17.9 Å². The zero-order chi connectivity index (χ0) is 52.9. The van der Waals surface area contributed by atoms with Gasteiger partial charge in [0.05, 0.1) is 0 Å². The Hall–Kier alpha value is -4.19. The van der Waals surface area contributed by atoms with Crippen molar-refractivity contribution in [3.63, 3.8) is 0 Å². The summed E-state index contributed by atoms with van der Waals surface area (Å²) in [5.41, 5.74) is 0. The number of esters is 3. The Labute approximate surface area is 450 Å². The van der Waals surface area contributed by atoms with Crippen molar-refractivity contribution in [2.45, 2.75) is 271 Å². The molecule has 0 heterocycles. The van der Waals surface area contributed by atoms with Gasteiger partial charge in [-0.1, -0.05) is 245 Å². The van der Waals surface area contributed by atoms with E-state index >= 15 is 0 Å². The fourth-order valence-electron chi connectivity index (χ4n) is 7.97. The minimum atomic E-state index is -0.805. The first-order valence-corrected chi connectivity index (χ1v) is 30.0. The van der Waals surface area contributed by atoms with Gasteiger partial charge in [-0.2, -0.15) is 0 Å². The third-order valence-corrected chi connectivity index (χ3v) is 12.4. The van der Waals surface area contributed by atoms with Crippen LogP contribution in [0.4, 0.5) is 0 Å². The number of unbranched alkanes of at least 4 members (excludes halogenated alkanes) is 22. The van der Waals surface area contributed by atoms with Gasteiger partial charge in [0.1, 0.15) is 13.2 Å². The van der Waals surface area contributed by atoms with Crippen LogP contribution in [0.3, 0.4) is 0 Å². The average molecular weight is 1010 g/mol. The third kappa shape index (κ3) is 58.6. The van der Waals surface area contributed by atoms with Crippen LogP contribution in [0.5, 0.6) is 0 Å². The van der Waals surface area contributed by atoms with Crippen LogP contribution in [0.1, 0.15) is 265 Å². The van der Waals surface area contributed by atoms with Gasteiger partial charge in [-0.05, 0) is 122 Å². The van der Waals surface area contributed by atoms with E-state index < -0.39 is 6.10 Å². The molecular formula is C67H110O6. The summed E-state index contributed by atoms with van der Waals surface area (Å²) in [6.45, 7) is 6.33. The molecule has 0 aromatic heterocycles. The Morgan fingerprint density at radius 1 is 0.288 bits per heavy atom. The van der Waals surface area contributed by atoms with Crippen LogP contribution in [0, 0.1) is 0 Å². The molecular weight excluding hydrogens is 901 g/mol. The van der Waals surface area contributed by atoms with Gasteiger partial charge in [-0.3, -0.25) is 14.4 Å². The summed E-state index contributed by atoms with van der Waals surface area (Å²) in [7, 11) is 0. The van der Waals surface area contributed by atoms with Crippen molar-refractivity contribution in [1.82, 2.24) is 0 Å². The van der Waals surface area contributed by atoms with Gasteiger partial charge in [0.15, 0.2) is 6.10 Å². The monoisotopic (exact) mass is 1010 g/mol. The Morgan fingerprint density at radius 2 is 0.534 bits per heavy atom. The van der Waals surface area contributed by atoms with Crippen LogP contribution in [-0.2, 0) is 28.6 Å². The number of carbonyl (C=O) groups is 3. The van der Waals surface area contributed by atoms with E-state index in [9.17, 15) is 14.4 Å². The van der Waals surface area contributed by atoms with Crippen LogP contribution in [0.25, 0.3) is 0 Å². The molecule has 6 nitrogen and oxygen atoms in total. The maximum atomic E-state index is 12.8. The zero-order valence-corrected chi connectivity index (χ0v) is 47.4. The first-order chi connectivity index (χ1) is 36.0. The lowest BCUT2D eigenvalue weighted by Gasteiger charge is -2.18. The van der Waals surface area contributed by atoms with Crippen molar-refractivity contribution in [1.29, 1.82) is 0 Å². The smallest absolute Gasteiger partial charge is 0.306 e. The SMILES string of the molecule is CC/C=C\C/C=C\C/C=C\C/C=C\C/C=C\CCCCCCCCCCCCCCCC(=O)OCC(COC(=O)CCCCCCC/C=C\CCCC)OC(=O)CCCC/C=C\C/C=C\C/C=C\C/C=C\CC. The van der Waals surface area contributed by atoms with Gasteiger partial charge < -0.3 is 14.2 Å². The van der Waals surface area contributed by atoms with E-state index in [-0.39, 0.29) is 37.5 Å². The van der Waals surface area contributed by atoms with Gasteiger partial charge in [-0.15, -0.1) is 0 Å². The molecule has 1 unspecified atom stereocenters. The summed E-state index contributed by atoms with van der Waals surface area (Å²) in [5.74, 6) is -0.953. The van der Waals surface area contributed by atoms with E-state index in [1.165, 1.54) is 96.3 Å². The molecule has 0 amide bonds. The molecule has 0 saturated heterocycles. The van der Waals surface area contributed by atoms with Crippen molar-refractivity contribution in [2.24, 2.45) is 0 Å². The van der Waals surface area contributed by atoms with Crippen molar-refractivity contribution < 1.29 is 28.6 Å². The second-order valence-electron chi connectivity index (χ2n) is 19.5. The summed E-state index contributed by atoms with van der Waals surface area (Å²) < 4.78 is 16.8. The molecule has 73 heavy (non-hydrogen) atoms. The molecule has 0 spiro atoms. The predicted octanol–water partition coefficient (Wildman–Crippen LogP) is 20.4. The summed E-state index contributed by atoms with van der Waals surface area (Å²) in [4.78, 5) is 38.1. The number of ether oxygens (including phenoxy) is 3. The summed E-state index contributed by atoms with van der Waals surface area (Å²) in [6, 6.07) is 0. The minimum Gasteiger partial charge on any atom is -0.462 e. The highest BCUT2D eigenvalue weighted by Gasteiger charge is 2.19. The van der Waals surface area contributed by atoms with E-state index in [4.69, 9.17) is 14.2 Å². The Morgan fingerprint density at radius 3 is 0.877 bits per heavy atom. The van der Waals surface area contributed by atoms with Crippen LogP contribution < -0.4 is 0 Å². The minimum absolute atomic E-state index is 0.0994. The van der Waals surface area contributed by atoms with E-state index in [1.807, 2.05) is 0 Å². The number of allylic oxidation sites excluding steroid dienone is 20. The maximum absolute atomic E-state index is 12.8. The number of carbonyl (C=O) groups excluding carboxylic acids is 3. The Bertz CT molecular complexity index is 1540. The third-order valence-electron chi connectivity index (χ3n) is 12.4. The quantitative estimate of drug-likeness (QED) is 0.0261. The first-order valence-electron chi connectivity index (χ1n) is 30.0. The maximum Gasteiger partial charge on any atom is 0.306 e. The van der Waals surface area contributed by atoms with Crippen molar-refractivity contribution in [2.75, 3.05) is 13.2 Å². The molecule has 0 aliphatic heterocycles. The second-order valence-corrected chi connectivity index (χ2v) is 19.5. The molecule has 0 fully saturated rings. The molecule has 0 rings (SSSR count). The molecule has 0 radical (unpaired) electrons. The summed E-state index contributed by atoms with van der Waals surface area (Å²) in [6.07, 6.45) is 83.5. The van der Waals surface area contributed by atoms with Gasteiger partial charge in [0.2, 0.25) is 0 Å². The number of rotatable bonds is 53. The van der Waals surface area contributed by atoms with E-state index in [1.54, 1.807) is 0 Å². The predicted molar refractivity (Wildman–Crippen MR) is 316 cm³/mol. The van der Waals surface area contributed by atoms with Gasteiger partial charge in [0, 0.05) is 19.3 Å². The molecule has 0 aromatic carbocycles. The summed E-state index contributed by atoms with van der Waals surface area (Å²) in [5, 5.41) is 0. The standard InChI is InChI=1S/C67H110O6/c1-4-7-10-13-16-19-22-24-26-27-28-29-30-31-32-33-34-35-36-37-38-39-41-42-45-48-51-54-57-60-66(69)72-63-64(62-71-65(68)59-56-53-50-47-44-21-18-15-12-9-6-3)73-67(70)61-58-55-52-49-46-43-40-25-23-20-17-14-11-8-5-2/h7-8,10-11,15-20,24-26,28-29,31-32,40,46,49,64H,4-6,9,12-14,21-23,27,30,33-39,41-45,47-48,50-63H2,1-3H3/b10-7-,11-8-,18-15-,19-16-,20-17-,26-24-,29-28-,32-31-,40-25-,49-46-. The number of hydrogen-bond donors (Lipinski definition) is 0.